The molecule has 5 heteroatoms. The van der Waals surface area contributed by atoms with E-state index in [1.165, 1.54) is 58.6 Å². The number of aromatic nitrogens is 3. The Bertz CT molecular complexity index is 1110. The molecule has 32 heavy (non-hydrogen) atoms. The summed E-state index contributed by atoms with van der Waals surface area (Å²) in [5.74, 6) is 0. The highest BCUT2D eigenvalue weighted by molar-refractivity contribution is 6.90. The van der Waals surface area contributed by atoms with Crippen LogP contribution in [0.3, 0.4) is 0 Å². The van der Waals surface area contributed by atoms with Gasteiger partial charge in [-0.15, -0.1) is 0 Å². The van der Waals surface area contributed by atoms with Crippen LogP contribution in [0.25, 0.3) is 22.8 Å². The summed E-state index contributed by atoms with van der Waals surface area (Å²) in [6.07, 6.45) is 6.99. The molecule has 0 saturated carbocycles. The molecule has 3 nitrogen and oxygen atoms in total. The molecular formula is C27H35N3Si2. The molecule has 2 aliphatic carbocycles. The summed E-state index contributed by atoms with van der Waals surface area (Å²) in [7, 11) is -3.13. The van der Waals surface area contributed by atoms with Crippen molar-refractivity contribution in [1.29, 1.82) is 0 Å². The third-order valence-electron chi connectivity index (χ3n) is 6.95. The molecule has 0 N–H and O–H groups in total. The van der Waals surface area contributed by atoms with Crippen LogP contribution in [0.15, 0.2) is 30.3 Å². The number of pyridine rings is 3. The van der Waals surface area contributed by atoms with Crippen LogP contribution in [0.4, 0.5) is 0 Å². The molecule has 0 spiro atoms. The average molecular weight is 458 g/mol. The summed E-state index contributed by atoms with van der Waals surface area (Å²) in [5.41, 5.74) is 9.74. The van der Waals surface area contributed by atoms with Crippen molar-refractivity contribution in [3.63, 3.8) is 0 Å². The van der Waals surface area contributed by atoms with Gasteiger partial charge in [-0.2, -0.15) is 0 Å². The van der Waals surface area contributed by atoms with Crippen molar-refractivity contribution in [2.45, 2.75) is 77.8 Å². The van der Waals surface area contributed by atoms with Gasteiger partial charge in [0, 0.05) is 11.4 Å². The Morgan fingerprint density at radius 1 is 0.594 bits per heavy atom. The largest absolute Gasteiger partial charge is 0.251 e. The molecule has 0 amide bonds. The minimum Gasteiger partial charge on any atom is -0.251 e. The molecule has 0 bridgehead atoms. The van der Waals surface area contributed by atoms with E-state index in [0.29, 0.717) is 0 Å². The molecule has 0 aliphatic heterocycles. The van der Waals surface area contributed by atoms with Crippen LogP contribution in [-0.4, -0.2) is 31.1 Å². The second-order valence-electron chi connectivity index (χ2n) is 11.6. The smallest absolute Gasteiger partial charge is 0.0893 e. The van der Waals surface area contributed by atoms with E-state index in [9.17, 15) is 0 Å². The maximum atomic E-state index is 5.23. The SMILES string of the molecule is C[Si](C)(C)c1cc2c(nc1-c1cccc(-c3nc4c(cc3[Si](C)(C)C)CCC4)n1)CCC2. The van der Waals surface area contributed by atoms with Gasteiger partial charge < -0.3 is 0 Å². The normalized spacial score (nSPS) is 15.7. The van der Waals surface area contributed by atoms with E-state index in [-0.39, 0.29) is 0 Å². The Balaban J connectivity index is 1.69. The molecule has 3 aromatic heterocycles. The monoisotopic (exact) mass is 457 g/mol. The lowest BCUT2D eigenvalue weighted by molar-refractivity contribution is 0.899. The first-order valence-corrected chi connectivity index (χ1v) is 19.2. The van der Waals surface area contributed by atoms with Crippen LogP contribution in [0, 0.1) is 0 Å². The second kappa shape index (κ2) is 7.73. The highest BCUT2D eigenvalue weighted by atomic mass is 28.3. The highest BCUT2D eigenvalue weighted by Crippen LogP contribution is 2.28. The van der Waals surface area contributed by atoms with Crippen LogP contribution < -0.4 is 10.4 Å². The van der Waals surface area contributed by atoms with Crippen molar-refractivity contribution in [3.8, 4) is 22.8 Å². The Morgan fingerprint density at radius 2 is 1.03 bits per heavy atom. The van der Waals surface area contributed by atoms with E-state index in [1.807, 2.05) is 0 Å². The van der Waals surface area contributed by atoms with Crippen LogP contribution in [-0.2, 0) is 25.7 Å². The van der Waals surface area contributed by atoms with E-state index >= 15 is 0 Å². The second-order valence-corrected chi connectivity index (χ2v) is 21.7. The van der Waals surface area contributed by atoms with Gasteiger partial charge in [-0.25, -0.2) is 4.98 Å². The fourth-order valence-corrected chi connectivity index (χ4v) is 8.18. The average Bonchev–Trinajstić information content (AvgIpc) is 3.39. The summed E-state index contributed by atoms with van der Waals surface area (Å²) in [6, 6.07) is 11.4. The van der Waals surface area contributed by atoms with Crippen molar-refractivity contribution < 1.29 is 0 Å². The number of aryl methyl sites for hydroxylation is 4. The molecule has 0 radical (unpaired) electrons. The first kappa shape index (κ1) is 21.7. The van der Waals surface area contributed by atoms with Crippen molar-refractivity contribution in [2.24, 2.45) is 0 Å². The summed E-state index contributed by atoms with van der Waals surface area (Å²) in [6.45, 7) is 14.5. The van der Waals surface area contributed by atoms with Gasteiger partial charge in [0.05, 0.1) is 38.9 Å². The fourth-order valence-electron chi connectivity index (χ4n) is 5.18. The maximum absolute atomic E-state index is 5.23. The molecule has 0 aromatic carbocycles. The molecule has 2 aliphatic rings. The van der Waals surface area contributed by atoms with E-state index in [2.05, 4.69) is 69.6 Å². The van der Waals surface area contributed by atoms with Gasteiger partial charge in [-0.05, 0) is 72.2 Å². The molecule has 166 valence electrons. The zero-order chi connectivity index (χ0) is 22.7. The predicted molar refractivity (Wildman–Crippen MR) is 141 cm³/mol. The zero-order valence-electron chi connectivity index (χ0n) is 20.5. The minimum absolute atomic E-state index is 1.01. The lowest BCUT2D eigenvalue weighted by atomic mass is 10.1. The molecule has 0 saturated heterocycles. The van der Waals surface area contributed by atoms with E-state index in [0.717, 1.165) is 35.6 Å². The van der Waals surface area contributed by atoms with Gasteiger partial charge in [0.25, 0.3) is 0 Å². The Kier molecular flexibility index (Phi) is 5.25. The Labute approximate surface area is 194 Å². The van der Waals surface area contributed by atoms with Gasteiger partial charge in [0.1, 0.15) is 0 Å². The summed E-state index contributed by atoms with van der Waals surface area (Å²) in [5, 5.41) is 2.88. The van der Waals surface area contributed by atoms with Gasteiger partial charge in [-0.3, -0.25) is 9.97 Å². The number of fused-ring (bicyclic) bond motifs is 2. The third kappa shape index (κ3) is 3.90. The van der Waals surface area contributed by atoms with E-state index < -0.39 is 16.1 Å². The molecule has 5 rings (SSSR count). The van der Waals surface area contributed by atoms with Gasteiger partial charge in [0.2, 0.25) is 0 Å². The van der Waals surface area contributed by atoms with Crippen molar-refractivity contribution in [3.05, 3.63) is 52.8 Å². The standard InChI is InChI=1S/C27H35N3Si2/c1-31(2,3)24-16-18-10-7-12-20(18)29-26(24)22-14-9-15-23(28-22)27-25(32(4,5)6)17-19-11-8-13-21(19)30-27/h9,14-17H,7-8,10-13H2,1-6H3. The van der Waals surface area contributed by atoms with Crippen LogP contribution in [0.1, 0.15) is 35.4 Å². The molecule has 0 fully saturated rings. The number of hydrogen-bond acceptors (Lipinski definition) is 3. The predicted octanol–water partition coefficient (Wildman–Crippen LogP) is 5.27. The number of nitrogens with zero attached hydrogens (tertiary/aromatic N) is 3. The summed E-state index contributed by atoms with van der Waals surface area (Å²) >= 11 is 0. The topological polar surface area (TPSA) is 38.7 Å². The summed E-state index contributed by atoms with van der Waals surface area (Å²) < 4.78 is 0. The first-order chi connectivity index (χ1) is 15.1. The lowest BCUT2D eigenvalue weighted by Crippen LogP contribution is -2.40. The maximum Gasteiger partial charge on any atom is 0.0893 e. The molecule has 0 atom stereocenters. The third-order valence-corrected chi connectivity index (χ3v) is 10.9. The lowest BCUT2D eigenvalue weighted by Gasteiger charge is -2.23. The number of hydrogen-bond donors (Lipinski definition) is 0. The van der Waals surface area contributed by atoms with E-state index in [4.69, 9.17) is 15.0 Å². The van der Waals surface area contributed by atoms with Crippen LogP contribution in [0.5, 0.6) is 0 Å². The molecule has 3 aromatic rings. The number of rotatable bonds is 4. The zero-order valence-corrected chi connectivity index (χ0v) is 22.5. The minimum atomic E-state index is -1.57. The van der Waals surface area contributed by atoms with Gasteiger partial charge in [0.15, 0.2) is 0 Å². The van der Waals surface area contributed by atoms with Gasteiger partial charge >= 0.3 is 0 Å². The van der Waals surface area contributed by atoms with Crippen molar-refractivity contribution >= 4 is 26.5 Å². The quantitative estimate of drug-likeness (QED) is 0.501. The molecule has 3 heterocycles. The van der Waals surface area contributed by atoms with Gasteiger partial charge in [-0.1, -0.05) is 57.5 Å². The summed E-state index contributed by atoms with van der Waals surface area (Å²) in [4.78, 5) is 15.7. The van der Waals surface area contributed by atoms with E-state index in [1.54, 1.807) is 0 Å². The first-order valence-electron chi connectivity index (χ1n) is 12.2. The Hall–Kier alpha value is -2.12. The fraction of sp³-hybridized carbons (Fsp3) is 0.444. The van der Waals surface area contributed by atoms with Crippen molar-refractivity contribution in [2.75, 3.05) is 0 Å². The van der Waals surface area contributed by atoms with Crippen molar-refractivity contribution in [1.82, 2.24) is 15.0 Å². The molecular weight excluding hydrogens is 422 g/mol. The van der Waals surface area contributed by atoms with Crippen LogP contribution in [0.2, 0.25) is 39.3 Å². The molecule has 0 unspecified atom stereocenters. The Morgan fingerprint density at radius 3 is 1.44 bits per heavy atom. The highest BCUT2D eigenvalue weighted by Gasteiger charge is 2.28. The van der Waals surface area contributed by atoms with Crippen LogP contribution >= 0.6 is 0 Å².